The molecule has 0 radical (unpaired) electrons. The van der Waals surface area contributed by atoms with Crippen molar-refractivity contribution < 1.29 is 4.74 Å². The van der Waals surface area contributed by atoms with E-state index in [1.165, 1.54) is 25.0 Å². The van der Waals surface area contributed by atoms with Gasteiger partial charge in [-0.05, 0) is 32.0 Å². The standard InChI is InChI=1S/C12H20N2O/c1-13-7-4-6-12(13)11-5-3-8-14(9-11)10-15-2/h3,5,9,12H,4,6-8,10H2,1-2H3. The second-order valence-electron chi connectivity index (χ2n) is 4.36. The molecular weight excluding hydrogens is 188 g/mol. The quantitative estimate of drug-likeness (QED) is 0.698. The highest BCUT2D eigenvalue weighted by atomic mass is 16.5. The normalized spacial score (nSPS) is 27.2. The maximum atomic E-state index is 5.15. The molecule has 0 aromatic rings. The molecule has 0 aliphatic carbocycles. The third-order valence-electron chi connectivity index (χ3n) is 3.18. The molecule has 1 unspecified atom stereocenters. The SMILES string of the molecule is COCN1C=C(C2CCCN2C)C=CC1. The van der Waals surface area contributed by atoms with E-state index in [1.54, 1.807) is 7.11 Å². The van der Waals surface area contributed by atoms with Gasteiger partial charge in [0.05, 0.1) is 0 Å². The molecule has 0 spiro atoms. The zero-order chi connectivity index (χ0) is 10.7. The summed E-state index contributed by atoms with van der Waals surface area (Å²) < 4.78 is 5.15. The number of likely N-dealkylation sites (N-methyl/N-ethyl adjacent to an activating group) is 1. The molecule has 2 rings (SSSR count). The van der Waals surface area contributed by atoms with Crippen molar-refractivity contribution in [3.63, 3.8) is 0 Å². The van der Waals surface area contributed by atoms with Crippen molar-refractivity contribution in [2.24, 2.45) is 0 Å². The van der Waals surface area contributed by atoms with Crippen molar-refractivity contribution in [3.05, 3.63) is 23.9 Å². The summed E-state index contributed by atoms with van der Waals surface area (Å²) in [7, 11) is 3.95. The Morgan fingerprint density at radius 2 is 2.40 bits per heavy atom. The van der Waals surface area contributed by atoms with E-state index in [0.29, 0.717) is 12.8 Å². The lowest BCUT2D eigenvalue weighted by atomic mass is 10.0. The highest BCUT2D eigenvalue weighted by Gasteiger charge is 2.24. The van der Waals surface area contributed by atoms with E-state index in [0.717, 1.165) is 6.54 Å². The first-order valence-electron chi connectivity index (χ1n) is 5.63. The van der Waals surface area contributed by atoms with Crippen LogP contribution >= 0.6 is 0 Å². The van der Waals surface area contributed by atoms with Gasteiger partial charge in [-0.15, -0.1) is 0 Å². The van der Waals surface area contributed by atoms with Gasteiger partial charge in [-0.1, -0.05) is 12.2 Å². The Labute approximate surface area is 92.0 Å². The average Bonchev–Trinajstić information content (AvgIpc) is 2.65. The summed E-state index contributed by atoms with van der Waals surface area (Å²) in [5.41, 5.74) is 1.43. The fourth-order valence-corrected chi connectivity index (χ4v) is 2.42. The van der Waals surface area contributed by atoms with Crippen LogP contribution in [0, 0.1) is 0 Å². The van der Waals surface area contributed by atoms with Gasteiger partial charge in [0.2, 0.25) is 0 Å². The molecule has 1 fully saturated rings. The average molecular weight is 208 g/mol. The Kier molecular flexibility index (Phi) is 3.44. The van der Waals surface area contributed by atoms with Gasteiger partial charge in [0.1, 0.15) is 6.73 Å². The topological polar surface area (TPSA) is 15.7 Å². The van der Waals surface area contributed by atoms with Crippen LogP contribution in [0.3, 0.4) is 0 Å². The summed E-state index contributed by atoms with van der Waals surface area (Å²) >= 11 is 0. The Morgan fingerprint density at radius 3 is 3.07 bits per heavy atom. The molecule has 15 heavy (non-hydrogen) atoms. The second kappa shape index (κ2) is 4.81. The van der Waals surface area contributed by atoms with Crippen molar-refractivity contribution in [3.8, 4) is 0 Å². The lowest BCUT2D eigenvalue weighted by molar-refractivity contribution is 0.101. The van der Waals surface area contributed by atoms with Gasteiger partial charge in [-0.2, -0.15) is 0 Å². The Hall–Kier alpha value is -0.800. The summed E-state index contributed by atoms with van der Waals surface area (Å²) in [5.74, 6) is 0. The molecular formula is C12H20N2O. The van der Waals surface area contributed by atoms with Crippen LogP contribution in [0.25, 0.3) is 0 Å². The smallest absolute Gasteiger partial charge is 0.118 e. The Bertz CT molecular complexity index is 273. The third-order valence-corrected chi connectivity index (χ3v) is 3.18. The Morgan fingerprint density at radius 1 is 1.53 bits per heavy atom. The molecule has 2 aliphatic heterocycles. The number of hydrogen-bond donors (Lipinski definition) is 0. The van der Waals surface area contributed by atoms with E-state index < -0.39 is 0 Å². The zero-order valence-corrected chi connectivity index (χ0v) is 9.65. The van der Waals surface area contributed by atoms with Crippen LogP contribution in [-0.2, 0) is 4.74 Å². The molecule has 2 aliphatic rings. The Balaban J connectivity index is 2.04. The molecule has 2 heterocycles. The van der Waals surface area contributed by atoms with Crippen molar-refractivity contribution in [2.45, 2.75) is 18.9 Å². The van der Waals surface area contributed by atoms with Gasteiger partial charge in [-0.25, -0.2) is 0 Å². The molecule has 0 amide bonds. The molecule has 0 N–H and O–H groups in total. The van der Waals surface area contributed by atoms with Gasteiger partial charge in [0, 0.05) is 25.9 Å². The van der Waals surface area contributed by atoms with Gasteiger partial charge >= 0.3 is 0 Å². The van der Waals surface area contributed by atoms with Crippen molar-refractivity contribution in [1.82, 2.24) is 9.80 Å². The van der Waals surface area contributed by atoms with E-state index in [-0.39, 0.29) is 0 Å². The molecule has 84 valence electrons. The molecule has 0 bridgehead atoms. The summed E-state index contributed by atoms with van der Waals surface area (Å²) in [6.45, 7) is 2.87. The van der Waals surface area contributed by atoms with Crippen LogP contribution in [-0.4, -0.2) is 49.8 Å². The van der Waals surface area contributed by atoms with Crippen LogP contribution in [0.15, 0.2) is 23.9 Å². The van der Waals surface area contributed by atoms with Crippen molar-refractivity contribution >= 4 is 0 Å². The molecule has 3 heteroatoms. The maximum absolute atomic E-state index is 5.15. The minimum absolute atomic E-state index is 0.612. The second-order valence-corrected chi connectivity index (χ2v) is 4.36. The molecule has 1 saturated heterocycles. The van der Waals surface area contributed by atoms with Crippen LogP contribution in [0.5, 0.6) is 0 Å². The van der Waals surface area contributed by atoms with Crippen LogP contribution in [0.2, 0.25) is 0 Å². The predicted octanol–water partition coefficient (Wildman–Crippen LogP) is 1.44. The number of rotatable bonds is 3. The number of methoxy groups -OCH3 is 1. The number of likely N-dealkylation sites (tertiary alicyclic amines) is 1. The first-order chi connectivity index (χ1) is 7.31. The largest absolute Gasteiger partial charge is 0.364 e. The van der Waals surface area contributed by atoms with Gasteiger partial charge in [-0.3, -0.25) is 4.90 Å². The minimum atomic E-state index is 0.612. The first kappa shape index (κ1) is 10.7. The number of ether oxygens (including phenoxy) is 1. The summed E-state index contributed by atoms with van der Waals surface area (Å²) in [5, 5.41) is 0. The molecule has 0 aromatic carbocycles. The summed E-state index contributed by atoms with van der Waals surface area (Å²) in [4.78, 5) is 4.65. The highest BCUT2D eigenvalue weighted by molar-refractivity contribution is 5.28. The van der Waals surface area contributed by atoms with Crippen LogP contribution < -0.4 is 0 Å². The van der Waals surface area contributed by atoms with E-state index >= 15 is 0 Å². The molecule has 1 atom stereocenters. The summed E-state index contributed by atoms with van der Waals surface area (Å²) in [6.07, 6.45) is 9.33. The zero-order valence-electron chi connectivity index (χ0n) is 9.65. The van der Waals surface area contributed by atoms with Gasteiger partial charge in [0.25, 0.3) is 0 Å². The van der Waals surface area contributed by atoms with Crippen molar-refractivity contribution in [2.75, 3.05) is 34.0 Å². The van der Waals surface area contributed by atoms with E-state index in [4.69, 9.17) is 4.74 Å². The van der Waals surface area contributed by atoms with E-state index in [9.17, 15) is 0 Å². The molecule has 0 saturated carbocycles. The number of hydrogen-bond acceptors (Lipinski definition) is 3. The lowest BCUT2D eigenvalue weighted by Crippen LogP contribution is -2.30. The first-order valence-corrected chi connectivity index (χ1v) is 5.63. The number of nitrogens with zero attached hydrogens (tertiary/aromatic N) is 2. The lowest BCUT2D eigenvalue weighted by Gasteiger charge is -2.27. The summed E-state index contributed by atoms with van der Waals surface area (Å²) in [6, 6.07) is 0.612. The maximum Gasteiger partial charge on any atom is 0.118 e. The third kappa shape index (κ3) is 2.41. The van der Waals surface area contributed by atoms with Crippen LogP contribution in [0.4, 0.5) is 0 Å². The minimum Gasteiger partial charge on any atom is -0.364 e. The highest BCUT2D eigenvalue weighted by Crippen LogP contribution is 2.24. The van der Waals surface area contributed by atoms with Gasteiger partial charge in [0.15, 0.2) is 0 Å². The fraction of sp³-hybridized carbons (Fsp3) is 0.667. The van der Waals surface area contributed by atoms with E-state index in [2.05, 4.69) is 35.2 Å². The van der Waals surface area contributed by atoms with Crippen molar-refractivity contribution in [1.29, 1.82) is 0 Å². The van der Waals surface area contributed by atoms with Crippen LogP contribution in [0.1, 0.15) is 12.8 Å². The molecule has 0 aromatic heterocycles. The van der Waals surface area contributed by atoms with Gasteiger partial charge < -0.3 is 9.64 Å². The predicted molar refractivity (Wildman–Crippen MR) is 61.5 cm³/mol. The van der Waals surface area contributed by atoms with E-state index in [1.807, 2.05) is 0 Å². The monoisotopic (exact) mass is 208 g/mol. The molecule has 3 nitrogen and oxygen atoms in total. The fourth-order valence-electron chi connectivity index (χ4n) is 2.42.